The van der Waals surface area contributed by atoms with Crippen molar-refractivity contribution in [1.82, 2.24) is 29.4 Å². The van der Waals surface area contributed by atoms with E-state index in [0.717, 1.165) is 70.0 Å². The van der Waals surface area contributed by atoms with E-state index in [-0.39, 0.29) is 11.8 Å². The SMILES string of the molecule is Cc1nc(Nc2ncc(C)s2)cc([C@@H]2CCCN(C(=O)Cn3c(CC(C)C)nc4ccccc43)C2)n1. The third-order valence-electron chi connectivity index (χ3n) is 6.52. The van der Waals surface area contributed by atoms with Crippen LogP contribution in [0.3, 0.4) is 0 Å². The standard InChI is InChI=1S/C27H33N7OS/c1-17(2)12-25-31-21-9-5-6-10-23(21)34(25)16-26(35)33-11-7-8-20(15-33)22-13-24(30-19(4)29-22)32-27-28-14-18(3)36-27/h5-6,9-10,13-14,17,20H,7-8,11-12,15-16H2,1-4H3,(H,28,29,30,32)/t20-/m1/s1. The normalized spacial score (nSPS) is 16.1. The predicted octanol–water partition coefficient (Wildman–Crippen LogP) is 5.25. The van der Waals surface area contributed by atoms with Crippen LogP contribution in [0.2, 0.25) is 0 Å². The van der Waals surface area contributed by atoms with E-state index in [0.29, 0.717) is 19.0 Å². The minimum absolute atomic E-state index is 0.134. The molecule has 188 valence electrons. The number of carbonyl (C=O) groups excluding carboxylic acids is 1. The zero-order chi connectivity index (χ0) is 25.2. The van der Waals surface area contributed by atoms with Crippen molar-refractivity contribution in [2.75, 3.05) is 18.4 Å². The Hall–Kier alpha value is -3.33. The molecule has 0 bridgehead atoms. The van der Waals surface area contributed by atoms with Gasteiger partial charge in [0, 0.05) is 42.6 Å². The molecule has 4 heterocycles. The highest BCUT2D eigenvalue weighted by atomic mass is 32.1. The Kier molecular flexibility index (Phi) is 7.00. The lowest BCUT2D eigenvalue weighted by Crippen LogP contribution is -2.41. The van der Waals surface area contributed by atoms with Crippen molar-refractivity contribution in [2.45, 2.75) is 59.4 Å². The Morgan fingerprint density at radius 1 is 1.19 bits per heavy atom. The van der Waals surface area contributed by atoms with Gasteiger partial charge >= 0.3 is 0 Å². The van der Waals surface area contributed by atoms with Gasteiger partial charge in [-0.1, -0.05) is 26.0 Å². The predicted molar refractivity (Wildman–Crippen MR) is 144 cm³/mol. The second-order valence-corrected chi connectivity index (χ2v) is 11.2. The average Bonchev–Trinajstić information content (AvgIpc) is 3.41. The number of amides is 1. The lowest BCUT2D eigenvalue weighted by atomic mass is 9.94. The van der Waals surface area contributed by atoms with Gasteiger partial charge in [0.05, 0.1) is 16.7 Å². The molecule has 1 saturated heterocycles. The van der Waals surface area contributed by atoms with Crippen LogP contribution < -0.4 is 5.32 Å². The first kappa shape index (κ1) is 24.4. The van der Waals surface area contributed by atoms with E-state index >= 15 is 0 Å². The van der Waals surface area contributed by atoms with Gasteiger partial charge in [0.2, 0.25) is 5.91 Å². The summed E-state index contributed by atoms with van der Waals surface area (Å²) in [5.74, 6) is 3.22. The summed E-state index contributed by atoms with van der Waals surface area (Å²) in [5.41, 5.74) is 2.95. The van der Waals surface area contributed by atoms with Crippen molar-refractivity contribution < 1.29 is 4.79 Å². The molecule has 1 aliphatic rings. The van der Waals surface area contributed by atoms with Crippen molar-refractivity contribution in [3.8, 4) is 0 Å². The van der Waals surface area contributed by atoms with E-state index in [1.165, 1.54) is 0 Å². The monoisotopic (exact) mass is 503 g/mol. The smallest absolute Gasteiger partial charge is 0.242 e. The van der Waals surface area contributed by atoms with E-state index in [1.54, 1.807) is 11.3 Å². The summed E-state index contributed by atoms with van der Waals surface area (Å²) < 4.78 is 2.11. The van der Waals surface area contributed by atoms with Crippen LogP contribution in [0.5, 0.6) is 0 Å². The molecule has 0 aliphatic carbocycles. The molecule has 0 unspecified atom stereocenters. The summed E-state index contributed by atoms with van der Waals surface area (Å²) in [7, 11) is 0. The highest BCUT2D eigenvalue weighted by Crippen LogP contribution is 2.29. The molecule has 0 radical (unpaired) electrons. The van der Waals surface area contributed by atoms with Crippen molar-refractivity contribution in [2.24, 2.45) is 5.92 Å². The number of imidazole rings is 1. The first-order valence-corrected chi connectivity index (χ1v) is 13.4. The maximum absolute atomic E-state index is 13.5. The Morgan fingerprint density at radius 2 is 2.03 bits per heavy atom. The minimum Gasteiger partial charge on any atom is -0.340 e. The number of thiazole rings is 1. The van der Waals surface area contributed by atoms with Crippen LogP contribution in [-0.4, -0.2) is 48.4 Å². The van der Waals surface area contributed by atoms with Gasteiger partial charge in [0.1, 0.15) is 24.0 Å². The van der Waals surface area contributed by atoms with Crippen molar-refractivity contribution >= 4 is 39.2 Å². The average molecular weight is 504 g/mol. The number of hydrogen-bond donors (Lipinski definition) is 1. The molecular formula is C27H33N7OS. The molecule has 5 rings (SSSR count). The van der Waals surface area contributed by atoms with Gasteiger partial charge in [-0.25, -0.2) is 19.9 Å². The lowest BCUT2D eigenvalue weighted by Gasteiger charge is -2.33. The fraction of sp³-hybridized carbons (Fsp3) is 0.444. The third-order valence-corrected chi connectivity index (χ3v) is 7.35. The third kappa shape index (κ3) is 5.41. The molecule has 9 heteroatoms. The molecule has 0 spiro atoms. The molecule has 1 amide bonds. The maximum Gasteiger partial charge on any atom is 0.242 e. The van der Waals surface area contributed by atoms with Crippen LogP contribution in [0.4, 0.5) is 10.9 Å². The number of fused-ring (bicyclic) bond motifs is 1. The number of likely N-dealkylation sites (tertiary alicyclic amines) is 1. The first-order valence-electron chi connectivity index (χ1n) is 12.6. The number of nitrogens with zero attached hydrogens (tertiary/aromatic N) is 6. The summed E-state index contributed by atoms with van der Waals surface area (Å²) in [6, 6.07) is 10.1. The molecule has 0 saturated carbocycles. The summed E-state index contributed by atoms with van der Waals surface area (Å²) >= 11 is 1.60. The van der Waals surface area contributed by atoms with Crippen LogP contribution in [0.15, 0.2) is 36.5 Å². The summed E-state index contributed by atoms with van der Waals surface area (Å²) in [6.45, 7) is 10.1. The van der Waals surface area contributed by atoms with Gasteiger partial charge in [-0.2, -0.15) is 0 Å². The van der Waals surface area contributed by atoms with Gasteiger partial charge in [-0.15, -0.1) is 11.3 Å². The van der Waals surface area contributed by atoms with Crippen molar-refractivity contribution in [3.63, 3.8) is 0 Å². The number of aryl methyl sites for hydroxylation is 2. The Morgan fingerprint density at radius 3 is 2.81 bits per heavy atom. The summed E-state index contributed by atoms with van der Waals surface area (Å²) in [6.07, 6.45) is 4.65. The summed E-state index contributed by atoms with van der Waals surface area (Å²) in [4.78, 5) is 35.2. The Bertz CT molecular complexity index is 1380. The topological polar surface area (TPSA) is 88.8 Å². The number of benzene rings is 1. The second kappa shape index (κ2) is 10.3. The minimum atomic E-state index is 0.134. The van der Waals surface area contributed by atoms with Crippen molar-refractivity contribution in [3.05, 3.63) is 58.7 Å². The number of para-hydroxylation sites is 2. The van der Waals surface area contributed by atoms with Crippen LogP contribution in [0.25, 0.3) is 11.0 Å². The number of nitrogens with one attached hydrogen (secondary N) is 1. The summed E-state index contributed by atoms with van der Waals surface area (Å²) in [5, 5.41) is 4.13. The van der Waals surface area contributed by atoms with Crippen LogP contribution >= 0.6 is 11.3 Å². The molecule has 1 aliphatic heterocycles. The van der Waals surface area contributed by atoms with Crippen LogP contribution in [0, 0.1) is 19.8 Å². The molecule has 4 aromatic rings. The molecular weight excluding hydrogens is 470 g/mol. The van der Waals surface area contributed by atoms with Gasteiger partial charge in [-0.05, 0) is 44.7 Å². The quantitative estimate of drug-likeness (QED) is 0.371. The lowest BCUT2D eigenvalue weighted by molar-refractivity contribution is -0.133. The molecule has 3 aromatic heterocycles. The van der Waals surface area contributed by atoms with Gasteiger partial charge < -0.3 is 14.8 Å². The molecule has 8 nitrogen and oxygen atoms in total. The Labute approximate surface area is 215 Å². The number of rotatable bonds is 7. The van der Waals surface area contributed by atoms with Crippen LogP contribution in [0.1, 0.15) is 54.8 Å². The van der Waals surface area contributed by atoms with Gasteiger partial charge in [-0.3, -0.25) is 4.79 Å². The van der Waals surface area contributed by atoms with Gasteiger partial charge in [0.15, 0.2) is 5.13 Å². The molecule has 1 fully saturated rings. The molecule has 1 N–H and O–H groups in total. The van der Waals surface area contributed by atoms with Crippen molar-refractivity contribution in [1.29, 1.82) is 0 Å². The van der Waals surface area contributed by atoms with E-state index < -0.39 is 0 Å². The molecule has 1 atom stereocenters. The fourth-order valence-electron chi connectivity index (χ4n) is 4.89. The number of hydrogen-bond acceptors (Lipinski definition) is 7. The number of carbonyl (C=O) groups is 1. The van der Waals surface area contributed by atoms with E-state index in [9.17, 15) is 4.79 Å². The Balaban J connectivity index is 1.33. The highest BCUT2D eigenvalue weighted by molar-refractivity contribution is 7.15. The number of aromatic nitrogens is 5. The number of anilines is 2. The zero-order valence-electron chi connectivity index (χ0n) is 21.4. The number of piperidine rings is 1. The largest absolute Gasteiger partial charge is 0.340 e. The molecule has 1 aromatic carbocycles. The van der Waals surface area contributed by atoms with E-state index in [2.05, 4.69) is 39.8 Å². The van der Waals surface area contributed by atoms with Gasteiger partial charge in [0.25, 0.3) is 0 Å². The second-order valence-electron chi connectivity index (χ2n) is 10.0. The van der Waals surface area contributed by atoms with Crippen LogP contribution in [-0.2, 0) is 17.8 Å². The highest BCUT2D eigenvalue weighted by Gasteiger charge is 2.27. The van der Waals surface area contributed by atoms with E-state index in [4.69, 9.17) is 9.97 Å². The first-order chi connectivity index (χ1) is 17.4. The fourth-order valence-corrected chi connectivity index (χ4v) is 5.56. The molecule has 36 heavy (non-hydrogen) atoms. The van der Waals surface area contributed by atoms with E-state index in [1.807, 2.05) is 49.2 Å². The zero-order valence-corrected chi connectivity index (χ0v) is 22.2. The maximum atomic E-state index is 13.5.